The van der Waals surface area contributed by atoms with Crippen molar-refractivity contribution in [3.05, 3.63) is 36.2 Å². The van der Waals surface area contributed by atoms with Crippen molar-refractivity contribution in [2.75, 3.05) is 6.54 Å². The quantitative estimate of drug-likeness (QED) is 0.897. The number of nitrogens with zero attached hydrogens (tertiary/aromatic N) is 5. The number of likely N-dealkylation sites (tertiary alicyclic amines) is 1. The van der Waals surface area contributed by atoms with Crippen LogP contribution >= 0.6 is 0 Å². The van der Waals surface area contributed by atoms with Crippen molar-refractivity contribution in [3.8, 4) is 5.69 Å². The zero-order chi connectivity index (χ0) is 15.5. The first-order valence-corrected chi connectivity index (χ1v) is 7.04. The van der Waals surface area contributed by atoms with E-state index in [4.69, 9.17) is 0 Å². The van der Waals surface area contributed by atoms with Gasteiger partial charge in [-0.2, -0.15) is 0 Å². The maximum atomic E-state index is 12.5. The number of amides is 1. The molecule has 0 aliphatic carbocycles. The largest absolute Gasteiger partial charge is 0.480 e. The van der Waals surface area contributed by atoms with Crippen LogP contribution in [0.4, 0.5) is 0 Å². The van der Waals surface area contributed by atoms with Crippen molar-refractivity contribution in [1.82, 2.24) is 25.1 Å². The fraction of sp³-hybridized carbons (Fsp3) is 0.357. The summed E-state index contributed by atoms with van der Waals surface area (Å²) in [5.41, 5.74) is 1.19. The molecule has 3 rings (SSSR count). The van der Waals surface area contributed by atoms with Gasteiger partial charge in [0, 0.05) is 12.1 Å². The zero-order valence-electron chi connectivity index (χ0n) is 11.8. The minimum Gasteiger partial charge on any atom is -0.480 e. The molecule has 1 unspecified atom stereocenters. The van der Waals surface area contributed by atoms with Crippen LogP contribution in [0.3, 0.4) is 0 Å². The standard InChI is InChI=1S/C14H15N5O3/c20-13(18-8-2-1-3-12(18)14(21)22)10-4-6-11(7-5-10)19-9-15-16-17-19/h4-7,9,12H,1-3,8H2,(H,21,22). The van der Waals surface area contributed by atoms with Crippen LogP contribution in [0.5, 0.6) is 0 Å². The molecular weight excluding hydrogens is 286 g/mol. The topological polar surface area (TPSA) is 101 Å². The number of carbonyl (C=O) groups excluding carboxylic acids is 1. The third-order valence-electron chi connectivity index (χ3n) is 3.78. The molecule has 2 aromatic rings. The highest BCUT2D eigenvalue weighted by atomic mass is 16.4. The van der Waals surface area contributed by atoms with Gasteiger partial charge in [-0.15, -0.1) is 5.10 Å². The summed E-state index contributed by atoms with van der Waals surface area (Å²) in [7, 11) is 0. The van der Waals surface area contributed by atoms with Crippen LogP contribution in [0.1, 0.15) is 29.6 Å². The van der Waals surface area contributed by atoms with Gasteiger partial charge >= 0.3 is 5.97 Å². The average Bonchev–Trinajstić information content (AvgIpc) is 3.09. The van der Waals surface area contributed by atoms with Gasteiger partial charge in [0.2, 0.25) is 0 Å². The van der Waals surface area contributed by atoms with Crippen LogP contribution in [0.25, 0.3) is 5.69 Å². The van der Waals surface area contributed by atoms with Crippen molar-refractivity contribution >= 4 is 11.9 Å². The Balaban J connectivity index is 1.81. The predicted molar refractivity (Wildman–Crippen MR) is 75.5 cm³/mol. The van der Waals surface area contributed by atoms with Gasteiger partial charge in [0.25, 0.3) is 5.91 Å². The second-order valence-electron chi connectivity index (χ2n) is 5.15. The number of hydrogen-bond donors (Lipinski definition) is 1. The Kier molecular flexibility index (Phi) is 3.82. The number of hydrogen-bond acceptors (Lipinski definition) is 5. The number of aromatic nitrogens is 4. The number of aliphatic carboxylic acids is 1. The van der Waals surface area contributed by atoms with E-state index in [9.17, 15) is 14.7 Å². The Labute approximate surface area is 126 Å². The summed E-state index contributed by atoms with van der Waals surface area (Å²) in [6, 6.07) is 6.03. The molecule has 0 radical (unpaired) electrons. The van der Waals surface area contributed by atoms with Gasteiger partial charge in [-0.3, -0.25) is 4.79 Å². The summed E-state index contributed by atoms with van der Waals surface area (Å²) >= 11 is 0. The molecule has 0 bridgehead atoms. The van der Waals surface area contributed by atoms with Gasteiger partial charge < -0.3 is 10.0 Å². The van der Waals surface area contributed by atoms with E-state index in [0.717, 1.165) is 18.5 Å². The minimum atomic E-state index is -0.946. The lowest BCUT2D eigenvalue weighted by Gasteiger charge is -2.33. The summed E-state index contributed by atoms with van der Waals surface area (Å²) in [4.78, 5) is 25.3. The van der Waals surface area contributed by atoms with Crippen molar-refractivity contribution < 1.29 is 14.7 Å². The van der Waals surface area contributed by atoms with Gasteiger partial charge in [0.15, 0.2) is 0 Å². The summed E-state index contributed by atoms with van der Waals surface area (Å²) in [5, 5.41) is 20.1. The Morgan fingerprint density at radius 2 is 1.95 bits per heavy atom. The first kappa shape index (κ1) is 14.2. The Morgan fingerprint density at radius 1 is 1.18 bits per heavy atom. The van der Waals surface area contributed by atoms with Crippen LogP contribution in [0, 0.1) is 0 Å². The number of benzene rings is 1. The number of carbonyl (C=O) groups is 2. The monoisotopic (exact) mass is 301 g/mol. The predicted octanol–water partition coefficient (Wildman–Crippen LogP) is 0.742. The summed E-state index contributed by atoms with van der Waals surface area (Å²) in [6.45, 7) is 0.477. The molecule has 2 heterocycles. The lowest BCUT2D eigenvalue weighted by molar-refractivity contribution is -0.143. The first-order valence-electron chi connectivity index (χ1n) is 7.04. The van der Waals surface area contributed by atoms with E-state index >= 15 is 0 Å². The second-order valence-corrected chi connectivity index (χ2v) is 5.15. The highest BCUT2D eigenvalue weighted by molar-refractivity contribution is 5.96. The van der Waals surface area contributed by atoms with E-state index in [-0.39, 0.29) is 5.91 Å². The molecule has 1 aliphatic rings. The molecule has 8 nitrogen and oxygen atoms in total. The van der Waals surface area contributed by atoms with Crippen molar-refractivity contribution in [2.24, 2.45) is 0 Å². The smallest absolute Gasteiger partial charge is 0.326 e. The van der Waals surface area contributed by atoms with Crippen LogP contribution in [-0.4, -0.2) is 54.7 Å². The maximum absolute atomic E-state index is 12.5. The molecular formula is C14H15N5O3. The summed E-state index contributed by atoms with van der Waals surface area (Å²) in [5.74, 6) is -1.20. The molecule has 1 aromatic heterocycles. The first-order chi connectivity index (χ1) is 10.7. The molecule has 1 atom stereocenters. The van der Waals surface area contributed by atoms with Crippen LogP contribution in [-0.2, 0) is 4.79 Å². The molecule has 0 spiro atoms. The molecule has 1 fully saturated rings. The third kappa shape index (κ3) is 2.67. The molecule has 8 heteroatoms. The fourth-order valence-corrected chi connectivity index (χ4v) is 2.63. The lowest BCUT2D eigenvalue weighted by Crippen LogP contribution is -2.47. The number of carboxylic acids is 1. The van der Waals surface area contributed by atoms with E-state index in [1.54, 1.807) is 24.3 Å². The highest BCUT2D eigenvalue weighted by Gasteiger charge is 2.32. The van der Waals surface area contributed by atoms with Crippen molar-refractivity contribution in [3.63, 3.8) is 0 Å². The normalized spacial score (nSPS) is 18.2. The van der Waals surface area contributed by atoms with Crippen molar-refractivity contribution in [1.29, 1.82) is 0 Å². The molecule has 1 aromatic carbocycles. The van der Waals surface area contributed by atoms with Crippen LogP contribution < -0.4 is 0 Å². The number of carboxylic acid groups (broad SMARTS) is 1. The van der Waals surface area contributed by atoms with Gasteiger partial charge in [-0.25, -0.2) is 9.48 Å². The second kappa shape index (κ2) is 5.92. The van der Waals surface area contributed by atoms with Gasteiger partial charge in [0.05, 0.1) is 5.69 Å². The van der Waals surface area contributed by atoms with Gasteiger partial charge in [-0.1, -0.05) is 0 Å². The van der Waals surface area contributed by atoms with E-state index in [1.807, 2.05) is 0 Å². The molecule has 1 amide bonds. The van der Waals surface area contributed by atoms with E-state index in [1.165, 1.54) is 15.9 Å². The molecule has 1 aliphatic heterocycles. The average molecular weight is 301 g/mol. The molecule has 1 N–H and O–H groups in total. The minimum absolute atomic E-state index is 0.254. The Morgan fingerprint density at radius 3 is 2.59 bits per heavy atom. The SMILES string of the molecule is O=C(O)C1CCCCN1C(=O)c1ccc(-n2cnnn2)cc1. The Bertz CT molecular complexity index is 668. The fourth-order valence-electron chi connectivity index (χ4n) is 2.63. The van der Waals surface area contributed by atoms with Crippen LogP contribution in [0.15, 0.2) is 30.6 Å². The van der Waals surface area contributed by atoms with E-state index in [0.29, 0.717) is 18.5 Å². The summed E-state index contributed by atoms with van der Waals surface area (Å²) < 4.78 is 1.48. The third-order valence-corrected chi connectivity index (χ3v) is 3.78. The molecule has 22 heavy (non-hydrogen) atoms. The van der Waals surface area contributed by atoms with Crippen molar-refractivity contribution in [2.45, 2.75) is 25.3 Å². The number of rotatable bonds is 3. The summed E-state index contributed by atoms with van der Waals surface area (Å²) in [6.07, 6.45) is 3.63. The Hall–Kier alpha value is -2.77. The highest BCUT2D eigenvalue weighted by Crippen LogP contribution is 2.20. The lowest BCUT2D eigenvalue weighted by atomic mass is 10.0. The number of tetrazole rings is 1. The zero-order valence-corrected chi connectivity index (χ0v) is 11.8. The van der Waals surface area contributed by atoms with E-state index in [2.05, 4.69) is 15.5 Å². The van der Waals surface area contributed by atoms with E-state index < -0.39 is 12.0 Å². The van der Waals surface area contributed by atoms with Crippen LogP contribution in [0.2, 0.25) is 0 Å². The molecule has 1 saturated heterocycles. The molecule has 0 saturated carbocycles. The van der Waals surface area contributed by atoms with Gasteiger partial charge in [0.1, 0.15) is 12.4 Å². The number of piperidine rings is 1. The van der Waals surface area contributed by atoms with Gasteiger partial charge in [-0.05, 0) is 54.0 Å². The maximum Gasteiger partial charge on any atom is 0.326 e. The molecule has 114 valence electrons.